The van der Waals surface area contributed by atoms with Crippen LogP contribution >= 0.6 is 0 Å². The summed E-state index contributed by atoms with van der Waals surface area (Å²) in [5.74, 6) is -1.47. The summed E-state index contributed by atoms with van der Waals surface area (Å²) >= 11 is 0. The SMILES string of the molecule is C/C(C(=O)O)=C(\C)C(=O)NCCN. The number of carboxylic acid groups (broad SMARTS) is 1. The van der Waals surface area contributed by atoms with Crippen LogP contribution in [0.2, 0.25) is 0 Å². The second kappa shape index (κ2) is 5.31. The minimum absolute atomic E-state index is 0.0505. The number of hydrogen-bond acceptors (Lipinski definition) is 3. The third-order valence-corrected chi connectivity index (χ3v) is 1.65. The van der Waals surface area contributed by atoms with Crippen LogP contribution in [0.15, 0.2) is 11.1 Å². The number of carbonyl (C=O) groups excluding carboxylic acids is 1. The molecule has 0 aromatic heterocycles. The average Bonchev–Trinajstić information content (AvgIpc) is 2.11. The molecule has 0 unspecified atom stereocenters. The minimum atomic E-state index is -1.08. The van der Waals surface area contributed by atoms with Crippen LogP contribution in [0.1, 0.15) is 13.8 Å². The fourth-order valence-corrected chi connectivity index (χ4v) is 0.649. The molecule has 0 spiro atoms. The lowest BCUT2D eigenvalue weighted by Gasteiger charge is -2.04. The van der Waals surface area contributed by atoms with Gasteiger partial charge in [0.2, 0.25) is 5.91 Å². The smallest absolute Gasteiger partial charge is 0.331 e. The minimum Gasteiger partial charge on any atom is -0.478 e. The maximum absolute atomic E-state index is 11.2. The second-order valence-electron chi connectivity index (χ2n) is 2.60. The lowest BCUT2D eigenvalue weighted by molar-refractivity contribution is -0.133. The van der Waals surface area contributed by atoms with Crippen molar-refractivity contribution in [2.75, 3.05) is 13.1 Å². The molecule has 74 valence electrons. The molecule has 0 radical (unpaired) electrons. The van der Waals surface area contributed by atoms with Crippen molar-refractivity contribution < 1.29 is 14.7 Å². The Bertz CT molecular complexity index is 246. The third kappa shape index (κ3) is 3.71. The van der Waals surface area contributed by atoms with Gasteiger partial charge in [0.15, 0.2) is 0 Å². The molecule has 4 N–H and O–H groups in total. The molecule has 0 heterocycles. The molecule has 1 amide bonds. The maximum Gasteiger partial charge on any atom is 0.331 e. The number of aliphatic carboxylic acids is 1. The van der Waals surface area contributed by atoms with Crippen LogP contribution in [-0.2, 0) is 9.59 Å². The lowest BCUT2D eigenvalue weighted by Crippen LogP contribution is -2.30. The van der Waals surface area contributed by atoms with E-state index in [-0.39, 0.29) is 17.1 Å². The van der Waals surface area contributed by atoms with Crippen LogP contribution in [0, 0.1) is 0 Å². The van der Waals surface area contributed by atoms with Gasteiger partial charge in [0, 0.05) is 24.2 Å². The standard InChI is InChI=1S/C8H14N2O3/c1-5(6(2)8(12)13)7(11)10-4-3-9/h3-4,9H2,1-2H3,(H,10,11)(H,12,13)/b6-5-. The van der Waals surface area contributed by atoms with Gasteiger partial charge in [-0.1, -0.05) is 0 Å². The Morgan fingerprint density at radius 1 is 1.31 bits per heavy atom. The first-order valence-corrected chi connectivity index (χ1v) is 3.89. The Balaban J connectivity index is 4.40. The summed E-state index contributed by atoms with van der Waals surface area (Å²) in [6.45, 7) is 3.54. The van der Waals surface area contributed by atoms with Gasteiger partial charge in [-0.2, -0.15) is 0 Å². The van der Waals surface area contributed by atoms with E-state index in [9.17, 15) is 9.59 Å². The zero-order valence-electron chi connectivity index (χ0n) is 7.76. The monoisotopic (exact) mass is 186 g/mol. The number of carboxylic acids is 1. The third-order valence-electron chi connectivity index (χ3n) is 1.65. The summed E-state index contributed by atoms with van der Waals surface area (Å²) in [5, 5.41) is 11.0. The van der Waals surface area contributed by atoms with Gasteiger partial charge in [-0.15, -0.1) is 0 Å². The number of rotatable bonds is 4. The van der Waals surface area contributed by atoms with Crippen molar-refractivity contribution in [1.82, 2.24) is 5.32 Å². The molecule has 0 aromatic rings. The zero-order valence-corrected chi connectivity index (χ0v) is 7.76. The van der Waals surface area contributed by atoms with E-state index in [2.05, 4.69) is 5.32 Å². The summed E-state index contributed by atoms with van der Waals surface area (Å²) in [4.78, 5) is 21.6. The number of hydrogen-bond donors (Lipinski definition) is 3. The fraction of sp³-hybridized carbons (Fsp3) is 0.500. The van der Waals surface area contributed by atoms with Crippen molar-refractivity contribution in [2.24, 2.45) is 5.73 Å². The highest BCUT2D eigenvalue weighted by Gasteiger charge is 2.11. The topological polar surface area (TPSA) is 92.4 Å². The normalized spacial score (nSPS) is 11.9. The van der Waals surface area contributed by atoms with E-state index < -0.39 is 5.97 Å². The van der Waals surface area contributed by atoms with Crippen LogP contribution in [0.4, 0.5) is 0 Å². The summed E-state index contributed by atoms with van der Waals surface area (Å²) in [7, 11) is 0. The van der Waals surface area contributed by atoms with E-state index in [1.165, 1.54) is 13.8 Å². The first-order valence-electron chi connectivity index (χ1n) is 3.89. The molecule has 5 nitrogen and oxygen atoms in total. The van der Waals surface area contributed by atoms with E-state index in [0.717, 1.165) is 0 Å². The molecule has 0 saturated carbocycles. The van der Waals surface area contributed by atoms with Gasteiger partial charge < -0.3 is 16.2 Å². The van der Waals surface area contributed by atoms with E-state index in [1.807, 2.05) is 0 Å². The molecule has 0 atom stereocenters. The predicted molar refractivity (Wildman–Crippen MR) is 48.1 cm³/mol. The molecule has 0 aromatic carbocycles. The van der Waals surface area contributed by atoms with E-state index >= 15 is 0 Å². The quantitative estimate of drug-likeness (QED) is 0.515. The maximum atomic E-state index is 11.2. The van der Waals surface area contributed by atoms with Gasteiger partial charge in [-0.25, -0.2) is 4.79 Å². The molecule has 0 aliphatic carbocycles. The van der Waals surface area contributed by atoms with Crippen molar-refractivity contribution >= 4 is 11.9 Å². The Morgan fingerprint density at radius 2 is 1.85 bits per heavy atom. The molecule has 0 bridgehead atoms. The molecule has 0 saturated heterocycles. The molecule has 0 aliphatic rings. The van der Waals surface area contributed by atoms with Gasteiger partial charge in [0.1, 0.15) is 0 Å². The van der Waals surface area contributed by atoms with Gasteiger partial charge in [0.05, 0.1) is 0 Å². The highest BCUT2D eigenvalue weighted by Crippen LogP contribution is 2.02. The number of amides is 1. The number of carbonyl (C=O) groups is 2. The van der Waals surface area contributed by atoms with Crippen molar-refractivity contribution in [3.05, 3.63) is 11.1 Å². The average molecular weight is 186 g/mol. The van der Waals surface area contributed by atoms with Crippen LogP contribution in [-0.4, -0.2) is 30.1 Å². The summed E-state index contributed by atoms with van der Waals surface area (Å²) < 4.78 is 0. The Hall–Kier alpha value is -1.36. The number of nitrogens with two attached hydrogens (primary N) is 1. The summed E-state index contributed by atoms with van der Waals surface area (Å²) in [6, 6.07) is 0. The molecule has 0 rings (SSSR count). The molecule has 0 aliphatic heterocycles. The zero-order chi connectivity index (χ0) is 10.4. The van der Waals surface area contributed by atoms with Crippen molar-refractivity contribution in [2.45, 2.75) is 13.8 Å². The van der Waals surface area contributed by atoms with E-state index in [4.69, 9.17) is 10.8 Å². The van der Waals surface area contributed by atoms with Crippen LogP contribution < -0.4 is 11.1 Å². The highest BCUT2D eigenvalue weighted by atomic mass is 16.4. The van der Waals surface area contributed by atoms with Gasteiger partial charge in [-0.05, 0) is 13.8 Å². The largest absolute Gasteiger partial charge is 0.478 e. The number of nitrogens with one attached hydrogen (secondary N) is 1. The second-order valence-corrected chi connectivity index (χ2v) is 2.60. The first-order chi connectivity index (χ1) is 6.00. The molecular weight excluding hydrogens is 172 g/mol. The lowest BCUT2D eigenvalue weighted by atomic mass is 10.1. The van der Waals surface area contributed by atoms with Crippen LogP contribution in [0.3, 0.4) is 0 Å². The molecule has 5 heteroatoms. The molecule has 13 heavy (non-hydrogen) atoms. The van der Waals surface area contributed by atoms with Crippen LogP contribution in [0.25, 0.3) is 0 Å². The first kappa shape index (κ1) is 11.6. The molecular formula is C8H14N2O3. The highest BCUT2D eigenvalue weighted by molar-refractivity contribution is 6.01. The van der Waals surface area contributed by atoms with Crippen molar-refractivity contribution in [3.63, 3.8) is 0 Å². The summed E-state index contributed by atoms with van der Waals surface area (Å²) in [5.41, 5.74) is 5.43. The van der Waals surface area contributed by atoms with E-state index in [0.29, 0.717) is 13.1 Å². The fourth-order valence-electron chi connectivity index (χ4n) is 0.649. The molecule has 0 fully saturated rings. The van der Waals surface area contributed by atoms with E-state index in [1.54, 1.807) is 0 Å². The Kier molecular flexibility index (Phi) is 4.76. The predicted octanol–water partition coefficient (Wildman–Crippen LogP) is -0.518. The Labute approximate surface area is 76.6 Å². The van der Waals surface area contributed by atoms with Gasteiger partial charge in [0.25, 0.3) is 0 Å². The summed E-state index contributed by atoms with van der Waals surface area (Å²) in [6.07, 6.45) is 0. The van der Waals surface area contributed by atoms with Crippen LogP contribution in [0.5, 0.6) is 0 Å². The van der Waals surface area contributed by atoms with Gasteiger partial charge >= 0.3 is 5.97 Å². The Morgan fingerprint density at radius 3 is 2.23 bits per heavy atom. The van der Waals surface area contributed by atoms with Gasteiger partial charge in [-0.3, -0.25) is 4.79 Å². The van der Waals surface area contributed by atoms with Crippen molar-refractivity contribution in [3.8, 4) is 0 Å². The van der Waals surface area contributed by atoms with Crippen molar-refractivity contribution in [1.29, 1.82) is 0 Å².